The first-order valence-electron chi connectivity index (χ1n) is 7.46. The number of nitrogens with zero attached hydrogens (tertiary/aromatic N) is 1. The van der Waals surface area contributed by atoms with Gasteiger partial charge in [-0.2, -0.15) is 0 Å². The van der Waals surface area contributed by atoms with E-state index in [9.17, 15) is 8.42 Å². The summed E-state index contributed by atoms with van der Waals surface area (Å²) in [4.78, 5) is 2.36. The Hall–Kier alpha value is -0.130. The Bertz CT molecular complexity index is 400. The number of rotatable bonds is 2. The van der Waals surface area contributed by atoms with E-state index < -0.39 is 9.84 Å². The minimum absolute atomic E-state index is 0.119. The lowest BCUT2D eigenvalue weighted by Crippen LogP contribution is -2.47. The molecule has 0 radical (unpaired) electrons. The van der Waals surface area contributed by atoms with Gasteiger partial charge in [0, 0.05) is 19.1 Å². The van der Waals surface area contributed by atoms with Gasteiger partial charge in [-0.15, -0.1) is 0 Å². The van der Waals surface area contributed by atoms with Crippen LogP contribution in [0.1, 0.15) is 40.0 Å². The Morgan fingerprint density at radius 2 is 2.00 bits per heavy atom. The van der Waals surface area contributed by atoms with Crippen LogP contribution in [0.4, 0.5) is 0 Å². The Morgan fingerprint density at radius 3 is 2.58 bits per heavy atom. The fourth-order valence-corrected chi connectivity index (χ4v) is 4.96. The Balaban J connectivity index is 1.99. The third-order valence-electron chi connectivity index (χ3n) is 4.45. The van der Waals surface area contributed by atoms with Gasteiger partial charge >= 0.3 is 0 Å². The van der Waals surface area contributed by atoms with E-state index >= 15 is 0 Å². The van der Waals surface area contributed by atoms with Crippen molar-refractivity contribution >= 4 is 9.84 Å². The van der Waals surface area contributed by atoms with Crippen LogP contribution in [0.15, 0.2) is 0 Å². The summed E-state index contributed by atoms with van der Waals surface area (Å²) in [5, 5.41) is 3.49. The van der Waals surface area contributed by atoms with Crippen molar-refractivity contribution in [2.24, 2.45) is 5.41 Å². The molecule has 2 saturated heterocycles. The standard InChI is InChI=1S/C14H28N2O2S/c1-14(2,3)13-11-16(8-5-7-15-13)10-12-6-4-9-19(12,17)18/h12-13,15H,4-11H2,1-3H3. The SMILES string of the molecule is CC(C)(C)C1CN(CC2CCCS2(=O)=O)CCCN1. The van der Waals surface area contributed by atoms with Gasteiger partial charge in [0.2, 0.25) is 0 Å². The van der Waals surface area contributed by atoms with Crippen LogP contribution >= 0.6 is 0 Å². The van der Waals surface area contributed by atoms with Crippen molar-refractivity contribution in [1.29, 1.82) is 0 Å². The van der Waals surface area contributed by atoms with Gasteiger partial charge in [-0.3, -0.25) is 0 Å². The van der Waals surface area contributed by atoms with Gasteiger partial charge in [0.25, 0.3) is 0 Å². The minimum Gasteiger partial charge on any atom is -0.312 e. The van der Waals surface area contributed by atoms with Crippen molar-refractivity contribution in [1.82, 2.24) is 10.2 Å². The van der Waals surface area contributed by atoms with Gasteiger partial charge in [-0.1, -0.05) is 20.8 Å². The molecular formula is C14H28N2O2S. The minimum atomic E-state index is -2.81. The second-order valence-corrected chi connectivity index (χ2v) is 9.52. The molecule has 0 aromatic rings. The number of sulfone groups is 1. The van der Waals surface area contributed by atoms with Crippen molar-refractivity contribution in [3.63, 3.8) is 0 Å². The number of hydrogen-bond acceptors (Lipinski definition) is 4. The summed E-state index contributed by atoms with van der Waals surface area (Å²) < 4.78 is 23.9. The smallest absolute Gasteiger partial charge is 0.154 e. The van der Waals surface area contributed by atoms with Crippen LogP contribution in [0.3, 0.4) is 0 Å². The summed E-state index contributed by atoms with van der Waals surface area (Å²) in [6.45, 7) is 10.5. The second kappa shape index (κ2) is 5.70. The molecule has 0 spiro atoms. The summed E-state index contributed by atoms with van der Waals surface area (Å²) in [6, 6.07) is 0.444. The fraction of sp³-hybridized carbons (Fsp3) is 1.00. The number of hydrogen-bond donors (Lipinski definition) is 1. The normalized spacial score (nSPS) is 33.2. The zero-order chi connectivity index (χ0) is 14.1. The summed E-state index contributed by atoms with van der Waals surface area (Å²) in [5.41, 5.74) is 0.219. The molecule has 0 aromatic carbocycles. The molecule has 2 unspecified atom stereocenters. The summed E-state index contributed by atoms with van der Waals surface area (Å²) in [6.07, 6.45) is 2.81. The van der Waals surface area contributed by atoms with E-state index in [1.165, 1.54) is 0 Å². The van der Waals surface area contributed by atoms with Crippen molar-refractivity contribution in [3.05, 3.63) is 0 Å². The summed E-state index contributed by atoms with van der Waals surface area (Å²) in [5.74, 6) is 0.395. The van der Waals surface area contributed by atoms with Crippen molar-refractivity contribution in [2.45, 2.75) is 51.3 Å². The summed E-state index contributed by atoms with van der Waals surface area (Å²) >= 11 is 0. The van der Waals surface area contributed by atoms with E-state index in [0.29, 0.717) is 11.8 Å². The van der Waals surface area contributed by atoms with Crippen LogP contribution in [0.25, 0.3) is 0 Å². The highest BCUT2D eigenvalue weighted by atomic mass is 32.2. The highest BCUT2D eigenvalue weighted by molar-refractivity contribution is 7.92. The van der Waals surface area contributed by atoms with Gasteiger partial charge in [0.1, 0.15) is 0 Å². The molecule has 2 heterocycles. The quantitative estimate of drug-likeness (QED) is 0.831. The van der Waals surface area contributed by atoms with E-state index in [-0.39, 0.29) is 10.7 Å². The van der Waals surface area contributed by atoms with Crippen LogP contribution in [-0.4, -0.2) is 56.5 Å². The maximum Gasteiger partial charge on any atom is 0.154 e. The second-order valence-electron chi connectivity index (χ2n) is 7.12. The fourth-order valence-electron chi connectivity index (χ4n) is 3.09. The third kappa shape index (κ3) is 3.92. The van der Waals surface area contributed by atoms with Crippen molar-refractivity contribution in [2.75, 3.05) is 31.9 Å². The molecule has 5 heteroatoms. The van der Waals surface area contributed by atoms with Gasteiger partial charge in [-0.25, -0.2) is 8.42 Å². The van der Waals surface area contributed by atoms with E-state index in [2.05, 4.69) is 31.0 Å². The summed E-state index contributed by atoms with van der Waals surface area (Å²) in [7, 11) is -2.81. The molecular weight excluding hydrogens is 260 g/mol. The highest BCUT2D eigenvalue weighted by Gasteiger charge is 2.35. The molecule has 19 heavy (non-hydrogen) atoms. The molecule has 2 aliphatic heterocycles. The van der Waals surface area contributed by atoms with Gasteiger partial charge in [0.05, 0.1) is 11.0 Å². The molecule has 2 atom stereocenters. The van der Waals surface area contributed by atoms with E-state index in [0.717, 1.165) is 45.4 Å². The van der Waals surface area contributed by atoms with Gasteiger partial charge < -0.3 is 10.2 Å². The van der Waals surface area contributed by atoms with Crippen molar-refractivity contribution < 1.29 is 8.42 Å². The first-order chi connectivity index (χ1) is 8.79. The molecule has 2 rings (SSSR count). The maximum absolute atomic E-state index is 12.0. The topological polar surface area (TPSA) is 49.4 Å². The molecule has 2 aliphatic rings. The predicted molar refractivity (Wildman–Crippen MR) is 79.1 cm³/mol. The molecule has 0 aliphatic carbocycles. The lowest BCUT2D eigenvalue weighted by Gasteiger charge is -2.34. The highest BCUT2D eigenvalue weighted by Crippen LogP contribution is 2.24. The zero-order valence-electron chi connectivity index (χ0n) is 12.5. The zero-order valence-corrected chi connectivity index (χ0v) is 13.3. The molecule has 2 fully saturated rings. The maximum atomic E-state index is 12.0. The van der Waals surface area contributed by atoms with Gasteiger partial charge in [-0.05, 0) is 37.8 Å². The van der Waals surface area contributed by atoms with E-state index in [1.807, 2.05) is 0 Å². The van der Waals surface area contributed by atoms with E-state index in [1.54, 1.807) is 0 Å². The molecule has 0 bridgehead atoms. The first kappa shape index (κ1) is 15.3. The largest absolute Gasteiger partial charge is 0.312 e. The van der Waals surface area contributed by atoms with Crippen molar-refractivity contribution in [3.8, 4) is 0 Å². The molecule has 0 aromatic heterocycles. The molecule has 0 saturated carbocycles. The predicted octanol–water partition coefficient (Wildman–Crippen LogP) is 1.27. The lowest BCUT2D eigenvalue weighted by molar-refractivity contribution is 0.196. The van der Waals surface area contributed by atoms with Crippen LogP contribution in [0.2, 0.25) is 0 Å². The third-order valence-corrected chi connectivity index (χ3v) is 6.71. The van der Waals surface area contributed by atoms with E-state index in [4.69, 9.17) is 0 Å². The van der Waals surface area contributed by atoms with Crippen LogP contribution < -0.4 is 5.32 Å². The Morgan fingerprint density at radius 1 is 1.26 bits per heavy atom. The lowest BCUT2D eigenvalue weighted by atomic mass is 9.86. The molecule has 0 amide bonds. The molecule has 4 nitrogen and oxygen atoms in total. The number of nitrogens with one attached hydrogen (secondary N) is 1. The Kier molecular flexibility index (Phi) is 4.58. The first-order valence-corrected chi connectivity index (χ1v) is 9.18. The monoisotopic (exact) mass is 288 g/mol. The molecule has 1 N–H and O–H groups in total. The van der Waals surface area contributed by atoms with Crippen LogP contribution in [-0.2, 0) is 9.84 Å². The van der Waals surface area contributed by atoms with Gasteiger partial charge in [0.15, 0.2) is 9.84 Å². The average Bonchev–Trinajstić information content (AvgIpc) is 2.52. The Labute approximate surface area is 117 Å². The molecule has 112 valence electrons. The van der Waals surface area contributed by atoms with Crippen LogP contribution in [0.5, 0.6) is 0 Å². The van der Waals surface area contributed by atoms with Crippen LogP contribution in [0, 0.1) is 5.41 Å². The average molecular weight is 288 g/mol.